The van der Waals surface area contributed by atoms with E-state index in [0.29, 0.717) is 12.8 Å². The summed E-state index contributed by atoms with van der Waals surface area (Å²) in [6.45, 7) is 0. The van der Waals surface area contributed by atoms with Crippen molar-refractivity contribution >= 4 is 18.0 Å². The number of carbonyl (C=O) groups is 3. The fraction of sp³-hybridized carbons (Fsp3) is 0.571. The molecule has 0 aromatic carbocycles. The summed E-state index contributed by atoms with van der Waals surface area (Å²) in [4.78, 5) is 31.1. The maximum atomic E-state index is 10.7. The zero-order chi connectivity index (χ0) is 8.69. The molecule has 0 rings (SSSR count). The Morgan fingerprint density at radius 1 is 1.45 bits per heavy atom. The molecule has 0 bridgehead atoms. The molecular formula is C7H11NO3. The van der Waals surface area contributed by atoms with Crippen LogP contribution < -0.4 is 5.32 Å². The minimum absolute atomic E-state index is 0.151. The number of ketones is 1. The summed E-state index contributed by atoms with van der Waals surface area (Å²) >= 11 is 0. The number of amides is 1. The molecular weight excluding hydrogens is 146 g/mol. The molecule has 4 nitrogen and oxygen atoms in total. The summed E-state index contributed by atoms with van der Waals surface area (Å²) in [7, 11) is 1.40. The highest BCUT2D eigenvalue weighted by Gasteiger charge is 2.09. The molecule has 0 heterocycles. The third-order valence-electron chi connectivity index (χ3n) is 1.21. The smallest absolute Gasteiger partial charge is 0.287 e. The van der Waals surface area contributed by atoms with Crippen LogP contribution >= 0.6 is 0 Å². The van der Waals surface area contributed by atoms with Gasteiger partial charge in [0.2, 0.25) is 5.78 Å². The molecule has 0 spiro atoms. The van der Waals surface area contributed by atoms with E-state index in [1.165, 1.54) is 7.05 Å². The van der Waals surface area contributed by atoms with E-state index < -0.39 is 11.7 Å². The molecule has 0 radical (unpaired) electrons. The van der Waals surface area contributed by atoms with Gasteiger partial charge >= 0.3 is 0 Å². The lowest BCUT2D eigenvalue weighted by molar-refractivity contribution is -0.137. The number of Topliss-reactive ketones (excluding diaryl/α,β-unsaturated/α-hetero) is 1. The van der Waals surface area contributed by atoms with E-state index in [1.54, 1.807) is 0 Å². The molecule has 0 unspecified atom stereocenters. The Kier molecular flexibility index (Phi) is 4.98. The van der Waals surface area contributed by atoms with Crippen LogP contribution in [0, 0.1) is 0 Å². The Balaban J connectivity index is 3.52. The Morgan fingerprint density at radius 2 is 2.09 bits per heavy atom. The van der Waals surface area contributed by atoms with Gasteiger partial charge in [-0.2, -0.15) is 0 Å². The molecule has 0 saturated heterocycles. The van der Waals surface area contributed by atoms with Crippen LogP contribution in [0.3, 0.4) is 0 Å². The van der Waals surface area contributed by atoms with E-state index in [-0.39, 0.29) is 6.42 Å². The van der Waals surface area contributed by atoms with Gasteiger partial charge in [-0.1, -0.05) is 0 Å². The Labute approximate surface area is 65.0 Å². The van der Waals surface area contributed by atoms with Crippen LogP contribution in [0.15, 0.2) is 0 Å². The van der Waals surface area contributed by atoms with Crippen molar-refractivity contribution in [2.45, 2.75) is 19.3 Å². The van der Waals surface area contributed by atoms with Crippen molar-refractivity contribution in [3.05, 3.63) is 0 Å². The van der Waals surface area contributed by atoms with Crippen LogP contribution in [0.2, 0.25) is 0 Å². The van der Waals surface area contributed by atoms with E-state index >= 15 is 0 Å². The molecule has 1 N–H and O–H groups in total. The van der Waals surface area contributed by atoms with Gasteiger partial charge in [-0.15, -0.1) is 0 Å². The van der Waals surface area contributed by atoms with E-state index in [1.807, 2.05) is 0 Å². The van der Waals surface area contributed by atoms with Gasteiger partial charge in [-0.05, 0) is 6.42 Å². The summed E-state index contributed by atoms with van der Waals surface area (Å²) in [5.41, 5.74) is 0. The van der Waals surface area contributed by atoms with Crippen molar-refractivity contribution in [2.75, 3.05) is 7.05 Å². The molecule has 0 aromatic heterocycles. The van der Waals surface area contributed by atoms with Gasteiger partial charge in [0.05, 0.1) is 0 Å². The van der Waals surface area contributed by atoms with Crippen molar-refractivity contribution in [1.29, 1.82) is 0 Å². The third-order valence-corrected chi connectivity index (χ3v) is 1.21. The lowest BCUT2D eigenvalue weighted by Crippen LogP contribution is -2.27. The van der Waals surface area contributed by atoms with Gasteiger partial charge in [0.25, 0.3) is 5.91 Å². The maximum absolute atomic E-state index is 10.7. The Morgan fingerprint density at radius 3 is 2.55 bits per heavy atom. The van der Waals surface area contributed by atoms with Crippen LogP contribution in [-0.2, 0) is 14.4 Å². The topological polar surface area (TPSA) is 63.2 Å². The number of hydrogen-bond donors (Lipinski definition) is 1. The first kappa shape index (κ1) is 9.81. The van der Waals surface area contributed by atoms with Crippen molar-refractivity contribution < 1.29 is 14.4 Å². The van der Waals surface area contributed by atoms with Gasteiger partial charge in [-0.3, -0.25) is 9.59 Å². The van der Waals surface area contributed by atoms with Crippen LogP contribution in [0.5, 0.6) is 0 Å². The molecule has 0 aliphatic heterocycles. The molecule has 4 heteroatoms. The first-order chi connectivity index (χ1) is 5.22. The molecule has 0 aliphatic carbocycles. The normalized spacial score (nSPS) is 8.82. The van der Waals surface area contributed by atoms with Gasteiger partial charge in [0.15, 0.2) is 0 Å². The first-order valence-electron chi connectivity index (χ1n) is 3.41. The minimum atomic E-state index is -0.587. The average molecular weight is 157 g/mol. The highest BCUT2D eigenvalue weighted by Crippen LogP contribution is 1.93. The van der Waals surface area contributed by atoms with Crippen LogP contribution in [0.25, 0.3) is 0 Å². The molecule has 0 atom stereocenters. The molecule has 0 fully saturated rings. The summed E-state index contributed by atoms with van der Waals surface area (Å²) in [6.07, 6.45) is 1.67. The largest absolute Gasteiger partial charge is 0.353 e. The Hall–Kier alpha value is -1.19. The van der Waals surface area contributed by atoms with Crippen molar-refractivity contribution in [1.82, 2.24) is 5.32 Å². The second-order valence-corrected chi connectivity index (χ2v) is 2.06. The van der Waals surface area contributed by atoms with Crippen molar-refractivity contribution in [2.24, 2.45) is 0 Å². The standard InChI is InChI=1S/C7H11NO3/c1-8-7(11)6(10)4-2-3-5-9/h5H,2-4H2,1H3,(H,8,11). The average Bonchev–Trinajstić information content (AvgIpc) is 2.03. The van der Waals surface area contributed by atoms with Crippen molar-refractivity contribution in [3.63, 3.8) is 0 Å². The first-order valence-corrected chi connectivity index (χ1v) is 3.41. The minimum Gasteiger partial charge on any atom is -0.353 e. The third kappa shape index (κ3) is 4.25. The quantitative estimate of drug-likeness (QED) is 0.337. The summed E-state index contributed by atoms with van der Waals surface area (Å²) in [5, 5.41) is 2.21. The summed E-state index contributed by atoms with van der Waals surface area (Å²) in [6, 6.07) is 0. The van der Waals surface area contributed by atoms with E-state index in [9.17, 15) is 14.4 Å². The number of likely N-dealkylation sites (N-methyl/N-ethyl adjacent to an activating group) is 1. The second kappa shape index (κ2) is 5.58. The molecule has 0 saturated carbocycles. The van der Waals surface area contributed by atoms with Gasteiger partial charge < -0.3 is 10.1 Å². The number of unbranched alkanes of at least 4 members (excludes halogenated alkanes) is 1. The number of carbonyl (C=O) groups excluding carboxylic acids is 3. The zero-order valence-corrected chi connectivity index (χ0v) is 6.42. The highest BCUT2D eigenvalue weighted by atomic mass is 16.2. The fourth-order valence-corrected chi connectivity index (χ4v) is 0.599. The molecule has 0 aliphatic rings. The SMILES string of the molecule is CNC(=O)C(=O)CCCC=O. The van der Waals surface area contributed by atoms with Gasteiger partial charge in [0.1, 0.15) is 6.29 Å². The number of aldehydes is 1. The number of rotatable bonds is 5. The monoisotopic (exact) mass is 157 g/mol. The van der Waals surface area contributed by atoms with E-state index in [0.717, 1.165) is 6.29 Å². The van der Waals surface area contributed by atoms with Gasteiger partial charge in [-0.25, -0.2) is 0 Å². The lowest BCUT2D eigenvalue weighted by atomic mass is 10.2. The predicted octanol–water partition coefficient (Wildman–Crippen LogP) is -0.329. The van der Waals surface area contributed by atoms with Crippen LogP contribution in [-0.4, -0.2) is 25.0 Å². The number of nitrogens with one attached hydrogen (secondary N) is 1. The summed E-state index contributed by atoms with van der Waals surface area (Å²) in [5.74, 6) is -1.05. The second-order valence-electron chi connectivity index (χ2n) is 2.06. The molecule has 1 amide bonds. The molecule has 11 heavy (non-hydrogen) atoms. The van der Waals surface area contributed by atoms with E-state index in [4.69, 9.17) is 0 Å². The fourth-order valence-electron chi connectivity index (χ4n) is 0.599. The van der Waals surface area contributed by atoms with Crippen LogP contribution in [0.1, 0.15) is 19.3 Å². The zero-order valence-electron chi connectivity index (χ0n) is 6.42. The summed E-state index contributed by atoms with van der Waals surface area (Å²) < 4.78 is 0. The van der Waals surface area contributed by atoms with Crippen LogP contribution in [0.4, 0.5) is 0 Å². The Bertz CT molecular complexity index is 165. The highest BCUT2D eigenvalue weighted by molar-refractivity contribution is 6.36. The van der Waals surface area contributed by atoms with Gasteiger partial charge in [0, 0.05) is 19.9 Å². The predicted molar refractivity (Wildman–Crippen MR) is 39.0 cm³/mol. The molecule has 0 aromatic rings. The van der Waals surface area contributed by atoms with Crippen molar-refractivity contribution in [3.8, 4) is 0 Å². The lowest BCUT2D eigenvalue weighted by Gasteiger charge is -1.95. The molecule has 62 valence electrons. The maximum Gasteiger partial charge on any atom is 0.287 e. The number of hydrogen-bond acceptors (Lipinski definition) is 3. The van der Waals surface area contributed by atoms with E-state index in [2.05, 4.69) is 5.32 Å².